The van der Waals surface area contributed by atoms with Gasteiger partial charge in [0.1, 0.15) is 0 Å². The fourth-order valence-corrected chi connectivity index (χ4v) is 2.31. The van der Waals surface area contributed by atoms with Gasteiger partial charge in [0, 0.05) is 21.1 Å². The first-order valence-corrected chi connectivity index (χ1v) is 7.94. The van der Waals surface area contributed by atoms with Crippen LogP contribution in [0.2, 0.25) is 0 Å². The molecule has 0 spiro atoms. The van der Waals surface area contributed by atoms with Crippen LogP contribution in [0.3, 0.4) is 0 Å². The van der Waals surface area contributed by atoms with Crippen LogP contribution in [0.4, 0.5) is 0 Å². The van der Waals surface area contributed by atoms with E-state index in [1.165, 1.54) is 5.56 Å². The monoisotopic (exact) mass is 412 g/mol. The number of hydrogen-bond donors (Lipinski definition) is 2. The van der Waals surface area contributed by atoms with E-state index in [4.69, 9.17) is 11.5 Å². The Kier molecular flexibility index (Phi) is 7.08. The third-order valence-electron chi connectivity index (χ3n) is 2.93. The number of aryl methyl sites for hydroxylation is 2. The molecule has 2 aromatic carbocycles. The summed E-state index contributed by atoms with van der Waals surface area (Å²) in [5, 5.41) is 0. The van der Waals surface area contributed by atoms with E-state index >= 15 is 0 Å². The van der Waals surface area contributed by atoms with Crippen molar-refractivity contribution in [2.45, 2.75) is 20.4 Å². The second-order valence-electron chi connectivity index (χ2n) is 4.62. The molecule has 0 heterocycles. The van der Waals surface area contributed by atoms with Crippen molar-refractivity contribution in [2.75, 3.05) is 0 Å². The van der Waals surface area contributed by atoms with Gasteiger partial charge in [0.25, 0.3) is 0 Å². The smallest absolute Gasteiger partial charge is 0.248 e. The fraction of sp³-hybridized carbons (Fsp3) is 0.188. The Morgan fingerprint density at radius 1 is 1.00 bits per heavy atom. The van der Waals surface area contributed by atoms with Crippen molar-refractivity contribution >= 4 is 37.8 Å². The van der Waals surface area contributed by atoms with E-state index in [1.54, 1.807) is 12.1 Å². The molecule has 0 fully saturated rings. The molecular weight excluding hydrogens is 396 g/mol. The molecule has 0 aliphatic rings. The van der Waals surface area contributed by atoms with E-state index in [-0.39, 0.29) is 0 Å². The quantitative estimate of drug-likeness (QED) is 0.778. The molecule has 21 heavy (non-hydrogen) atoms. The van der Waals surface area contributed by atoms with Gasteiger partial charge in [0.15, 0.2) is 0 Å². The highest BCUT2D eigenvalue weighted by atomic mass is 79.9. The van der Waals surface area contributed by atoms with Crippen molar-refractivity contribution in [2.24, 2.45) is 11.5 Å². The molecule has 2 rings (SSSR count). The molecular formula is C16H18Br2N2O. The number of primary amides is 1. The number of halogens is 2. The summed E-state index contributed by atoms with van der Waals surface area (Å²) in [5.74, 6) is -0.398. The van der Waals surface area contributed by atoms with Crippen LogP contribution in [-0.4, -0.2) is 5.91 Å². The molecule has 2 aromatic rings. The minimum absolute atomic E-state index is 0.398. The van der Waals surface area contributed by atoms with Gasteiger partial charge in [0.05, 0.1) is 0 Å². The molecule has 0 atom stereocenters. The number of carbonyl (C=O) groups excluding carboxylic acids is 1. The van der Waals surface area contributed by atoms with Crippen molar-refractivity contribution in [3.8, 4) is 0 Å². The van der Waals surface area contributed by atoms with Gasteiger partial charge >= 0.3 is 0 Å². The van der Waals surface area contributed by atoms with Crippen LogP contribution in [0.25, 0.3) is 0 Å². The zero-order chi connectivity index (χ0) is 16.0. The predicted octanol–water partition coefficient (Wildman–Crippen LogP) is 4.07. The first kappa shape index (κ1) is 17.9. The highest BCUT2D eigenvalue weighted by Crippen LogP contribution is 2.17. The Bertz CT molecular complexity index is 642. The van der Waals surface area contributed by atoms with E-state index < -0.39 is 5.91 Å². The lowest BCUT2D eigenvalue weighted by atomic mass is 10.1. The van der Waals surface area contributed by atoms with Crippen molar-refractivity contribution in [1.82, 2.24) is 0 Å². The van der Waals surface area contributed by atoms with Gasteiger partial charge < -0.3 is 11.5 Å². The molecule has 0 bridgehead atoms. The molecule has 1 amide bonds. The maximum atomic E-state index is 10.7. The first-order chi connectivity index (χ1) is 9.85. The lowest BCUT2D eigenvalue weighted by Crippen LogP contribution is -2.10. The second kappa shape index (κ2) is 8.32. The van der Waals surface area contributed by atoms with E-state index in [0.717, 1.165) is 20.1 Å². The molecule has 0 aliphatic carbocycles. The minimum atomic E-state index is -0.398. The van der Waals surface area contributed by atoms with Crippen molar-refractivity contribution in [1.29, 1.82) is 0 Å². The number of nitrogens with two attached hydrogens (primary N) is 2. The van der Waals surface area contributed by atoms with Crippen LogP contribution in [0, 0.1) is 13.8 Å². The summed E-state index contributed by atoms with van der Waals surface area (Å²) in [5.41, 5.74) is 14.6. The van der Waals surface area contributed by atoms with E-state index in [9.17, 15) is 4.79 Å². The molecule has 0 aliphatic heterocycles. The maximum Gasteiger partial charge on any atom is 0.248 e. The molecule has 5 heteroatoms. The molecule has 0 saturated heterocycles. The summed E-state index contributed by atoms with van der Waals surface area (Å²) < 4.78 is 2.05. The SMILES string of the molecule is Cc1ccc(C(N)=O)cc1Br.Cc1ccc(CN)cc1Br. The number of amides is 1. The Labute approximate surface area is 142 Å². The Balaban J connectivity index is 0.000000211. The van der Waals surface area contributed by atoms with Gasteiger partial charge in [-0.15, -0.1) is 0 Å². The Morgan fingerprint density at radius 3 is 1.95 bits per heavy atom. The molecule has 4 N–H and O–H groups in total. The van der Waals surface area contributed by atoms with Crippen molar-refractivity contribution < 1.29 is 4.79 Å². The van der Waals surface area contributed by atoms with Crippen LogP contribution in [0.1, 0.15) is 27.0 Å². The number of carbonyl (C=O) groups is 1. The Morgan fingerprint density at radius 2 is 1.52 bits per heavy atom. The summed E-state index contributed by atoms with van der Waals surface area (Å²) in [6.45, 7) is 4.62. The summed E-state index contributed by atoms with van der Waals surface area (Å²) in [6.07, 6.45) is 0. The third-order valence-corrected chi connectivity index (χ3v) is 4.64. The number of rotatable bonds is 2. The second-order valence-corrected chi connectivity index (χ2v) is 6.32. The molecule has 0 saturated carbocycles. The minimum Gasteiger partial charge on any atom is -0.366 e. The normalized spacial score (nSPS) is 9.76. The molecule has 112 valence electrons. The third kappa shape index (κ3) is 5.61. The molecule has 3 nitrogen and oxygen atoms in total. The van der Waals surface area contributed by atoms with Crippen LogP contribution < -0.4 is 11.5 Å². The number of benzene rings is 2. The van der Waals surface area contributed by atoms with E-state index in [2.05, 4.69) is 50.9 Å². The lowest BCUT2D eigenvalue weighted by Gasteiger charge is -1.99. The lowest BCUT2D eigenvalue weighted by molar-refractivity contribution is 0.1000. The standard InChI is InChI=1S/C8H8BrNO.C8H10BrN/c1-5-2-3-6(8(10)11)4-7(5)9;1-6-2-3-7(5-10)4-8(6)9/h2-4H,1H3,(H2,10,11);2-4H,5,10H2,1H3. The van der Waals surface area contributed by atoms with Crippen LogP contribution in [-0.2, 0) is 6.54 Å². The first-order valence-electron chi connectivity index (χ1n) is 6.36. The van der Waals surface area contributed by atoms with E-state index in [0.29, 0.717) is 12.1 Å². The Hall–Kier alpha value is -1.17. The summed E-state index contributed by atoms with van der Waals surface area (Å²) >= 11 is 6.74. The summed E-state index contributed by atoms with van der Waals surface area (Å²) in [7, 11) is 0. The van der Waals surface area contributed by atoms with Gasteiger partial charge in [-0.3, -0.25) is 4.79 Å². The molecule has 0 aromatic heterocycles. The predicted molar refractivity (Wildman–Crippen MR) is 94.2 cm³/mol. The number of hydrogen-bond acceptors (Lipinski definition) is 2. The van der Waals surface area contributed by atoms with Gasteiger partial charge in [-0.05, 0) is 48.7 Å². The summed E-state index contributed by atoms with van der Waals surface area (Å²) in [6, 6.07) is 11.4. The van der Waals surface area contributed by atoms with Crippen molar-refractivity contribution in [3.63, 3.8) is 0 Å². The van der Waals surface area contributed by atoms with Gasteiger partial charge in [-0.25, -0.2) is 0 Å². The van der Waals surface area contributed by atoms with Crippen LogP contribution >= 0.6 is 31.9 Å². The van der Waals surface area contributed by atoms with Crippen LogP contribution in [0.15, 0.2) is 45.3 Å². The van der Waals surface area contributed by atoms with Crippen LogP contribution in [0.5, 0.6) is 0 Å². The molecule has 0 radical (unpaired) electrons. The van der Waals surface area contributed by atoms with Gasteiger partial charge in [-0.1, -0.05) is 50.1 Å². The van der Waals surface area contributed by atoms with Gasteiger partial charge in [0.2, 0.25) is 5.91 Å². The highest BCUT2D eigenvalue weighted by Gasteiger charge is 2.01. The van der Waals surface area contributed by atoms with E-state index in [1.807, 2.05) is 19.1 Å². The highest BCUT2D eigenvalue weighted by molar-refractivity contribution is 9.10. The molecule has 0 unspecified atom stereocenters. The zero-order valence-corrected chi connectivity index (χ0v) is 15.2. The fourth-order valence-electron chi connectivity index (χ4n) is 1.51. The summed E-state index contributed by atoms with van der Waals surface area (Å²) in [4.78, 5) is 10.7. The average molecular weight is 414 g/mol. The van der Waals surface area contributed by atoms with Crippen molar-refractivity contribution in [3.05, 3.63) is 67.6 Å². The topological polar surface area (TPSA) is 69.1 Å². The maximum absolute atomic E-state index is 10.7. The van der Waals surface area contributed by atoms with Gasteiger partial charge in [-0.2, -0.15) is 0 Å². The zero-order valence-electron chi connectivity index (χ0n) is 12.0. The largest absolute Gasteiger partial charge is 0.366 e. The average Bonchev–Trinajstić information content (AvgIpc) is 2.45.